The first-order valence-electron chi connectivity index (χ1n) is 8.19. The van der Waals surface area contributed by atoms with Gasteiger partial charge in [-0.05, 0) is 48.6 Å². The van der Waals surface area contributed by atoms with Gasteiger partial charge in [0.1, 0.15) is 28.8 Å². The van der Waals surface area contributed by atoms with E-state index in [2.05, 4.69) is 0 Å². The van der Waals surface area contributed by atoms with Crippen molar-refractivity contribution in [1.82, 2.24) is 0 Å². The van der Waals surface area contributed by atoms with Crippen LogP contribution in [0.2, 0.25) is 0 Å². The molecular weight excluding hydrogens is 348 g/mol. The molecule has 0 aromatic heterocycles. The molecule has 0 saturated heterocycles. The first-order chi connectivity index (χ1) is 13.1. The monoisotopic (exact) mass is 368 g/mol. The second kappa shape index (κ2) is 7.86. The number of benzene rings is 2. The Labute approximate surface area is 157 Å². The Kier molecular flexibility index (Phi) is 5.35. The highest BCUT2D eigenvalue weighted by Gasteiger charge is 2.25. The summed E-state index contributed by atoms with van der Waals surface area (Å²) < 4.78 is 26.7. The molecule has 1 heterocycles. The van der Waals surface area contributed by atoms with E-state index in [9.17, 15) is 4.79 Å². The lowest BCUT2D eigenvalue weighted by molar-refractivity contribution is -0.130. The van der Waals surface area contributed by atoms with Crippen molar-refractivity contribution in [2.24, 2.45) is 0 Å². The summed E-state index contributed by atoms with van der Waals surface area (Å²) in [5, 5.41) is 0. The summed E-state index contributed by atoms with van der Waals surface area (Å²) in [5.41, 5.74) is 1.73. The summed E-state index contributed by atoms with van der Waals surface area (Å²) in [7, 11) is 6.27. The van der Waals surface area contributed by atoms with Crippen LogP contribution in [0.15, 0.2) is 48.0 Å². The number of methoxy groups -OCH3 is 4. The maximum Gasteiger partial charge on any atom is 0.343 e. The van der Waals surface area contributed by atoms with Crippen LogP contribution in [0.25, 0.3) is 11.8 Å². The molecule has 0 amide bonds. The molecule has 0 bridgehead atoms. The summed E-state index contributed by atoms with van der Waals surface area (Å²) in [5.74, 6) is 2.43. The molecule has 27 heavy (non-hydrogen) atoms. The van der Waals surface area contributed by atoms with E-state index in [1.54, 1.807) is 77.0 Å². The maximum atomic E-state index is 12.4. The largest absolute Gasteiger partial charge is 0.497 e. The fourth-order valence-electron chi connectivity index (χ4n) is 2.75. The fraction of sp³-hybridized carbons (Fsp3) is 0.190. The van der Waals surface area contributed by atoms with Crippen LogP contribution in [-0.4, -0.2) is 34.4 Å². The molecule has 0 spiro atoms. The van der Waals surface area contributed by atoms with E-state index in [4.69, 9.17) is 23.7 Å². The molecule has 0 atom stereocenters. The lowest BCUT2D eigenvalue weighted by Crippen LogP contribution is -1.99. The molecule has 0 radical (unpaired) electrons. The molecule has 1 aliphatic heterocycles. The highest BCUT2D eigenvalue weighted by Crippen LogP contribution is 2.36. The highest BCUT2D eigenvalue weighted by atomic mass is 16.5. The van der Waals surface area contributed by atoms with Gasteiger partial charge >= 0.3 is 5.97 Å². The molecule has 6 heteroatoms. The van der Waals surface area contributed by atoms with Crippen LogP contribution in [0.5, 0.6) is 23.0 Å². The van der Waals surface area contributed by atoms with E-state index < -0.39 is 5.97 Å². The van der Waals surface area contributed by atoms with E-state index in [0.29, 0.717) is 45.5 Å². The maximum absolute atomic E-state index is 12.4. The second-order valence-corrected chi connectivity index (χ2v) is 5.67. The number of cyclic esters (lactones) is 1. The van der Waals surface area contributed by atoms with Crippen molar-refractivity contribution >= 4 is 17.8 Å². The van der Waals surface area contributed by atoms with E-state index in [-0.39, 0.29) is 0 Å². The van der Waals surface area contributed by atoms with Crippen molar-refractivity contribution in [2.75, 3.05) is 28.4 Å². The minimum absolute atomic E-state index is 0.390. The van der Waals surface area contributed by atoms with Crippen molar-refractivity contribution < 1.29 is 28.5 Å². The minimum Gasteiger partial charge on any atom is -0.497 e. The normalized spacial score (nSPS) is 14.6. The van der Waals surface area contributed by atoms with Gasteiger partial charge in [0.05, 0.1) is 39.6 Å². The zero-order chi connectivity index (χ0) is 19.4. The van der Waals surface area contributed by atoms with Gasteiger partial charge in [-0.3, -0.25) is 0 Å². The first kappa shape index (κ1) is 18.4. The number of ether oxygens (including phenoxy) is 5. The summed E-state index contributed by atoms with van der Waals surface area (Å²) in [6.07, 6.45) is 3.36. The minimum atomic E-state index is -0.459. The van der Waals surface area contributed by atoms with Gasteiger partial charge in [0, 0.05) is 5.56 Å². The molecular formula is C21H20O6. The summed E-state index contributed by atoms with van der Waals surface area (Å²) >= 11 is 0. The fourth-order valence-corrected chi connectivity index (χ4v) is 2.75. The standard InChI is InChI=1S/C21H20O6/c1-23-15-5-7-18(25-3)13(10-15)9-14-11-20(27-21(14)22)17-12-16(24-2)6-8-19(17)26-4/h5-12H,1-4H3/b14-9-. The van der Waals surface area contributed by atoms with Crippen LogP contribution in [0, 0.1) is 0 Å². The zero-order valence-corrected chi connectivity index (χ0v) is 15.6. The first-order valence-corrected chi connectivity index (χ1v) is 8.19. The van der Waals surface area contributed by atoms with Gasteiger partial charge < -0.3 is 23.7 Å². The Bertz CT molecular complexity index is 926. The third kappa shape index (κ3) is 3.74. The Balaban J connectivity index is 2.04. The number of esters is 1. The van der Waals surface area contributed by atoms with Crippen molar-refractivity contribution in [3.63, 3.8) is 0 Å². The summed E-state index contributed by atoms with van der Waals surface area (Å²) in [6.45, 7) is 0. The van der Waals surface area contributed by atoms with E-state index in [1.165, 1.54) is 0 Å². The van der Waals surface area contributed by atoms with E-state index in [0.717, 1.165) is 0 Å². The number of hydrogen-bond acceptors (Lipinski definition) is 6. The number of rotatable bonds is 6. The van der Waals surface area contributed by atoms with Crippen LogP contribution < -0.4 is 18.9 Å². The topological polar surface area (TPSA) is 63.2 Å². The van der Waals surface area contributed by atoms with Crippen LogP contribution >= 0.6 is 0 Å². The smallest absolute Gasteiger partial charge is 0.343 e. The highest BCUT2D eigenvalue weighted by molar-refractivity contribution is 6.05. The van der Waals surface area contributed by atoms with Gasteiger partial charge in [0.25, 0.3) is 0 Å². The molecule has 6 nitrogen and oxygen atoms in total. The molecule has 0 N–H and O–H groups in total. The van der Waals surface area contributed by atoms with Gasteiger partial charge in [-0.25, -0.2) is 4.79 Å². The average molecular weight is 368 g/mol. The number of carbonyl (C=O) groups excluding carboxylic acids is 1. The van der Waals surface area contributed by atoms with Crippen LogP contribution in [0.1, 0.15) is 11.1 Å². The van der Waals surface area contributed by atoms with Crippen molar-refractivity contribution in [3.8, 4) is 23.0 Å². The molecule has 0 aliphatic carbocycles. The van der Waals surface area contributed by atoms with Crippen molar-refractivity contribution in [1.29, 1.82) is 0 Å². The van der Waals surface area contributed by atoms with Gasteiger partial charge in [-0.2, -0.15) is 0 Å². The molecule has 0 saturated carbocycles. The van der Waals surface area contributed by atoms with Crippen LogP contribution in [0.4, 0.5) is 0 Å². The molecule has 0 unspecified atom stereocenters. The van der Waals surface area contributed by atoms with Crippen LogP contribution in [0.3, 0.4) is 0 Å². The Morgan fingerprint density at radius 3 is 2.07 bits per heavy atom. The molecule has 2 aromatic carbocycles. The second-order valence-electron chi connectivity index (χ2n) is 5.67. The molecule has 140 valence electrons. The predicted octanol–water partition coefficient (Wildman–Crippen LogP) is 3.70. The lowest BCUT2D eigenvalue weighted by atomic mass is 10.1. The van der Waals surface area contributed by atoms with Crippen LogP contribution in [-0.2, 0) is 9.53 Å². The number of carbonyl (C=O) groups is 1. The van der Waals surface area contributed by atoms with Gasteiger partial charge in [-0.1, -0.05) is 0 Å². The molecule has 1 aliphatic rings. The summed E-state index contributed by atoms with van der Waals surface area (Å²) in [6, 6.07) is 10.6. The third-order valence-electron chi connectivity index (χ3n) is 4.14. The SMILES string of the molecule is COc1ccc(OC)c(/C=C2/C=C(c3cc(OC)ccc3OC)OC2=O)c1. The summed E-state index contributed by atoms with van der Waals surface area (Å²) in [4.78, 5) is 12.4. The van der Waals surface area contributed by atoms with Gasteiger partial charge in [0.15, 0.2) is 0 Å². The molecule has 3 rings (SSSR count). The van der Waals surface area contributed by atoms with Crippen molar-refractivity contribution in [3.05, 3.63) is 59.2 Å². The zero-order valence-electron chi connectivity index (χ0n) is 15.6. The molecule has 2 aromatic rings. The Morgan fingerprint density at radius 2 is 1.44 bits per heavy atom. The molecule has 0 fully saturated rings. The van der Waals surface area contributed by atoms with E-state index in [1.807, 2.05) is 0 Å². The third-order valence-corrected chi connectivity index (χ3v) is 4.14. The predicted molar refractivity (Wildman–Crippen MR) is 101 cm³/mol. The van der Waals surface area contributed by atoms with Gasteiger partial charge in [0.2, 0.25) is 0 Å². The Morgan fingerprint density at radius 1 is 0.815 bits per heavy atom. The quantitative estimate of drug-likeness (QED) is 0.572. The lowest BCUT2D eigenvalue weighted by Gasteiger charge is -2.10. The van der Waals surface area contributed by atoms with Gasteiger partial charge in [-0.15, -0.1) is 0 Å². The van der Waals surface area contributed by atoms with Crippen molar-refractivity contribution in [2.45, 2.75) is 0 Å². The number of hydrogen-bond donors (Lipinski definition) is 0. The average Bonchev–Trinajstić information content (AvgIpc) is 3.07. The van der Waals surface area contributed by atoms with E-state index >= 15 is 0 Å². The Hall–Kier alpha value is -3.41.